The third-order valence-electron chi connectivity index (χ3n) is 3.01. The first-order chi connectivity index (χ1) is 10.7. The van der Waals surface area contributed by atoms with Crippen LogP contribution in [0.25, 0.3) is 11.1 Å². The van der Waals surface area contributed by atoms with Gasteiger partial charge < -0.3 is 15.4 Å². The van der Waals surface area contributed by atoms with Gasteiger partial charge in [0.2, 0.25) is 0 Å². The predicted molar refractivity (Wildman–Crippen MR) is 87.8 cm³/mol. The second-order valence-electron chi connectivity index (χ2n) is 5.08. The number of pyridine rings is 1. The maximum atomic E-state index is 12.0. The Balaban J connectivity index is 1.97. The monoisotopic (exact) mass is 299 g/mol. The van der Waals surface area contributed by atoms with Gasteiger partial charge in [-0.25, -0.2) is 4.79 Å². The standard InChI is InChI=1S/C17H21N3O2/c1-13(2)22-12-11-19-17(21)20-16-6-4-3-5-15(16)14-7-9-18-10-8-14/h3-10,13H,11-12H2,1-2H3,(H2,19,20,21). The van der Waals surface area contributed by atoms with Crippen LogP contribution in [-0.2, 0) is 4.74 Å². The summed E-state index contributed by atoms with van der Waals surface area (Å²) >= 11 is 0. The number of hydrogen-bond acceptors (Lipinski definition) is 3. The zero-order valence-corrected chi connectivity index (χ0v) is 12.9. The van der Waals surface area contributed by atoms with E-state index >= 15 is 0 Å². The van der Waals surface area contributed by atoms with E-state index in [0.29, 0.717) is 13.2 Å². The first-order valence-electron chi connectivity index (χ1n) is 7.32. The molecular weight excluding hydrogens is 278 g/mol. The first kappa shape index (κ1) is 16.0. The summed E-state index contributed by atoms with van der Waals surface area (Å²) in [5.74, 6) is 0. The Morgan fingerprint density at radius 2 is 1.91 bits per heavy atom. The number of nitrogens with zero attached hydrogens (tertiary/aromatic N) is 1. The molecule has 0 unspecified atom stereocenters. The van der Waals surface area contributed by atoms with E-state index in [-0.39, 0.29) is 12.1 Å². The molecule has 5 nitrogen and oxygen atoms in total. The lowest BCUT2D eigenvalue weighted by molar-refractivity contribution is 0.0820. The van der Waals surface area contributed by atoms with Crippen LogP contribution in [0.1, 0.15) is 13.8 Å². The van der Waals surface area contributed by atoms with Crippen molar-refractivity contribution in [2.45, 2.75) is 20.0 Å². The number of hydrogen-bond donors (Lipinski definition) is 2. The van der Waals surface area contributed by atoms with Crippen LogP contribution < -0.4 is 10.6 Å². The molecule has 0 aliphatic carbocycles. The van der Waals surface area contributed by atoms with Crippen LogP contribution in [0.15, 0.2) is 48.8 Å². The summed E-state index contributed by atoms with van der Waals surface area (Å²) < 4.78 is 5.39. The predicted octanol–water partition coefficient (Wildman–Crippen LogP) is 3.30. The summed E-state index contributed by atoms with van der Waals surface area (Å²) in [6, 6.07) is 11.3. The molecule has 0 spiro atoms. The number of rotatable bonds is 6. The second-order valence-corrected chi connectivity index (χ2v) is 5.08. The molecule has 2 N–H and O–H groups in total. The first-order valence-corrected chi connectivity index (χ1v) is 7.32. The molecule has 0 bridgehead atoms. The van der Waals surface area contributed by atoms with Gasteiger partial charge in [-0.2, -0.15) is 0 Å². The summed E-state index contributed by atoms with van der Waals surface area (Å²) in [6.07, 6.45) is 3.63. The van der Waals surface area contributed by atoms with E-state index in [4.69, 9.17) is 4.74 Å². The third kappa shape index (κ3) is 4.86. The number of nitrogens with one attached hydrogen (secondary N) is 2. The SMILES string of the molecule is CC(C)OCCNC(=O)Nc1ccccc1-c1ccncc1. The smallest absolute Gasteiger partial charge is 0.319 e. The van der Waals surface area contributed by atoms with Crippen molar-refractivity contribution in [3.05, 3.63) is 48.8 Å². The third-order valence-corrected chi connectivity index (χ3v) is 3.01. The van der Waals surface area contributed by atoms with Crippen LogP contribution in [-0.4, -0.2) is 30.3 Å². The number of carbonyl (C=O) groups excluding carboxylic acids is 1. The van der Waals surface area contributed by atoms with E-state index < -0.39 is 0 Å². The number of anilines is 1. The van der Waals surface area contributed by atoms with E-state index in [0.717, 1.165) is 16.8 Å². The van der Waals surface area contributed by atoms with E-state index in [1.54, 1.807) is 12.4 Å². The molecule has 2 amide bonds. The lowest BCUT2D eigenvalue weighted by atomic mass is 10.1. The van der Waals surface area contributed by atoms with Crippen LogP contribution >= 0.6 is 0 Å². The van der Waals surface area contributed by atoms with Gasteiger partial charge in [-0.05, 0) is 37.6 Å². The molecule has 2 rings (SSSR count). The fourth-order valence-corrected chi connectivity index (χ4v) is 2.00. The lowest BCUT2D eigenvalue weighted by Crippen LogP contribution is -2.32. The van der Waals surface area contributed by atoms with Crippen molar-refractivity contribution in [2.75, 3.05) is 18.5 Å². The van der Waals surface area contributed by atoms with Gasteiger partial charge in [0.15, 0.2) is 0 Å². The fraction of sp³-hybridized carbons (Fsp3) is 0.294. The van der Waals surface area contributed by atoms with Gasteiger partial charge in [0.05, 0.1) is 18.4 Å². The van der Waals surface area contributed by atoms with Crippen molar-refractivity contribution in [1.29, 1.82) is 0 Å². The minimum Gasteiger partial charge on any atom is -0.377 e. The Hall–Kier alpha value is -2.40. The number of aromatic nitrogens is 1. The molecule has 22 heavy (non-hydrogen) atoms. The summed E-state index contributed by atoms with van der Waals surface area (Å²) in [5, 5.41) is 5.65. The van der Waals surface area contributed by atoms with Crippen molar-refractivity contribution in [2.24, 2.45) is 0 Å². The largest absolute Gasteiger partial charge is 0.377 e. The van der Waals surface area contributed by atoms with E-state index in [2.05, 4.69) is 15.6 Å². The van der Waals surface area contributed by atoms with Crippen molar-refractivity contribution in [3.63, 3.8) is 0 Å². The molecule has 0 fully saturated rings. The Kier molecular flexibility index (Phi) is 5.91. The molecule has 116 valence electrons. The van der Waals surface area contributed by atoms with Gasteiger partial charge in [0.25, 0.3) is 0 Å². The summed E-state index contributed by atoms with van der Waals surface area (Å²) in [5.41, 5.74) is 2.73. The summed E-state index contributed by atoms with van der Waals surface area (Å²) in [6.45, 7) is 4.90. The van der Waals surface area contributed by atoms with Crippen molar-refractivity contribution in [1.82, 2.24) is 10.3 Å². The maximum Gasteiger partial charge on any atom is 0.319 e. The average molecular weight is 299 g/mol. The van der Waals surface area contributed by atoms with Gasteiger partial charge in [0, 0.05) is 24.5 Å². The molecule has 0 atom stereocenters. The zero-order chi connectivity index (χ0) is 15.8. The van der Waals surface area contributed by atoms with E-state index in [1.165, 1.54) is 0 Å². The Morgan fingerprint density at radius 3 is 2.64 bits per heavy atom. The molecule has 0 radical (unpaired) electrons. The van der Waals surface area contributed by atoms with E-state index in [9.17, 15) is 4.79 Å². The normalized spacial score (nSPS) is 10.5. The molecule has 5 heteroatoms. The average Bonchev–Trinajstić information content (AvgIpc) is 2.53. The van der Waals surface area contributed by atoms with Gasteiger partial charge in [-0.15, -0.1) is 0 Å². The Labute approximate surface area is 130 Å². The van der Waals surface area contributed by atoms with Crippen molar-refractivity contribution < 1.29 is 9.53 Å². The molecular formula is C17H21N3O2. The van der Waals surface area contributed by atoms with Crippen LogP contribution in [0.3, 0.4) is 0 Å². The molecule has 0 saturated heterocycles. The highest BCUT2D eigenvalue weighted by atomic mass is 16.5. The van der Waals surface area contributed by atoms with Gasteiger partial charge in [0.1, 0.15) is 0 Å². The molecule has 0 aliphatic rings. The van der Waals surface area contributed by atoms with Crippen LogP contribution in [0.4, 0.5) is 10.5 Å². The van der Waals surface area contributed by atoms with Gasteiger partial charge in [-0.1, -0.05) is 18.2 Å². The number of urea groups is 1. The van der Waals surface area contributed by atoms with Gasteiger partial charge in [-0.3, -0.25) is 4.98 Å². The number of amides is 2. The molecule has 2 aromatic rings. The molecule has 1 aromatic carbocycles. The number of benzene rings is 1. The van der Waals surface area contributed by atoms with E-state index in [1.807, 2.05) is 50.2 Å². The molecule has 0 saturated carbocycles. The van der Waals surface area contributed by atoms with Crippen molar-refractivity contribution in [3.8, 4) is 11.1 Å². The zero-order valence-electron chi connectivity index (χ0n) is 12.9. The lowest BCUT2D eigenvalue weighted by Gasteiger charge is -2.12. The minimum atomic E-state index is -0.242. The van der Waals surface area contributed by atoms with Crippen molar-refractivity contribution >= 4 is 11.7 Å². The highest BCUT2D eigenvalue weighted by molar-refractivity contribution is 5.94. The van der Waals surface area contributed by atoms with Crippen LogP contribution in [0.2, 0.25) is 0 Å². The minimum absolute atomic E-state index is 0.164. The summed E-state index contributed by atoms with van der Waals surface area (Å²) in [4.78, 5) is 16.0. The molecule has 1 aromatic heterocycles. The number of ether oxygens (including phenoxy) is 1. The Bertz CT molecular complexity index is 600. The maximum absolute atomic E-state index is 12.0. The van der Waals surface area contributed by atoms with Gasteiger partial charge >= 0.3 is 6.03 Å². The topological polar surface area (TPSA) is 63.2 Å². The summed E-state index contributed by atoms with van der Waals surface area (Å²) in [7, 11) is 0. The fourth-order valence-electron chi connectivity index (χ4n) is 2.00. The number of para-hydroxylation sites is 1. The number of carbonyl (C=O) groups is 1. The quantitative estimate of drug-likeness (QED) is 0.804. The molecule has 1 heterocycles. The van der Waals surface area contributed by atoms with Crippen LogP contribution in [0, 0.1) is 0 Å². The van der Waals surface area contributed by atoms with Crippen LogP contribution in [0.5, 0.6) is 0 Å². The Morgan fingerprint density at radius 1 is 1.18 bits per heavy atom. The highest BCUT2D eigenvalue weighted by Gasteiger charge is 2.07. The highest BCUT2D eigenvalue weighted by Crippen LogP contribution is 2.26. The second kappa shape index (κ2) is 8.14. The molecule has 0 aliphatic heterocycles.